The summed E-state index contributed by atoms with van der Waals surface area (Å²) in [5.74, 6) is 0.749. The van der Waals surface area contributed by atoms with Gasteiger partial charge in [-0.05, 0) is 24.1 Å². The molecule has 0 amide bonds. The summed E-state index contributed by atoms with van der Waals surface area (Å²) in [7, 11) is 1.64. The Morgan fingerprint density at radius 3 is 2.50 bits per heavy atom. The zero-order chi connectivity index (χ0) is 20.7. The summed E-state index contributed by atoms with van der Waals surface area (Å²) in [6.45, 7) is 4.18. The molecule has 0 atom stereocenters. The van der Waals surface area contributed by atoms with E-state index < -0.39 is 12.8 Å². The molecule has 0 radical (unpaired) electrons. The molecule has 0 saturated heterocycles. The highest BCUT2D eigenvalue weighted by atomic mass is 19.4. The summed E-state index contributed by atoms with van der Waals surface area (Å²) >= 11 is 0. The van der Waals surface area contributed by atoms with Crippen LogP contribution in [0.4, 0.5) is 13.2 Å². The average molecular weight is 405 g/mol. The van der Waals surface area contributed by atoms with Gasteiger partial charge < -0.3 is 24.8 Å². The minimum atomic E-state index is -4.36. The van der Waals surface area contributed by atoms with E-state index in [-0.39, 0.29) is 5.75 Å². The van der Waals surface area contributed by atoms with Crippen LogP contribution in [0.25, 0.3) is 0 Å². The Kier molecular flexibility index (Phi) is 12.1. The Labute approximate surface area is 164 Å². The van der Waals surface area contributed by atoms with Crippen molar-refractivity contribution >= 4 is 5.96 Å². The van der Waals surface area contributed by atoms with Crippen LogP contribution in [-0.2, 0) is 16.0 Å². The number of ether oxygens (including phenoxy) is 3. The summed E-state index contributed by atoms with van der Waals surface area (Å²) in [4.78, 5) is 4.10. The maximum atomic E-state index is 12.2. The van der Waals surface area contributed by atoms with Crippen molar-refractivity contribution in [3.63, 3.8) is 0 Å². The van der Waals surface area contributed by atoms with Gasteiger partial charge in [-0.2, -0.15) is 13.2 Å². The van der Waals surface area contributed by atoms with Gasteiger partial charge in [-0.15, -0.1) is 0 Å². The lowest BCUT2D eigenvalue weighted by atomic mass is 10.2. The van der Waals surface area contributed by atoms with Crippen LogP contribution in [0.2, 0.25) is 0 Å². The molecule has 0 unspecified atom stereocenters. The zero-order valence-corrected chi connectivity index (χ0v) is 16.5. The molecule has 6 nitrogen and oxygen atoms in total. The molecule has 1 rings (SSSR count). The summed E-state index contributed by atoms with van der Waals surface area (Å²) < 4.78 is 52.3. The van der Waals surface area contributed by atoms with Crippen molar-refractivity contribution in [1.29, 1.82) is 0 Å². The average Bonchev–Trinajstić information content (AvgIpc) is 2.67. The van der Waals surface area contributed by atoms with Crippen LogP contribution in [0, 0.1) is 0 Å². The first kappa shape index (κ1) is 24.0. The maximum Gasteiger partial charge on any atom is 0.422 e. The molecule has 28 heavy (non-hydrogen) atoms. The number of benzene rings is 1. The van der Waals surface area contributed by atoms with Crippen LogP contribution in [0.15, 0.2) is 29.3 Å². The van der Waals surface area contributed by atoms with Gasteiger partial charge in [-0.3, -0.25) is 4.99 Å². The third-order valence-electron chi connectivity index (χ3n) is 3.54. The predicted molar refractivity (Wildman–Crippen MR) is 103 cm³/mol. The number of alkyl halides is 3. The first-order valence-corrected chi connectivity index (χ1v) is 9.33. The fourth-order valence-corrected chi connectivity index (χ4v) is 2.13. The Hall–Kier alpha value is -2.00. The van der Waals surface area contributed by atoms with Crippen LogP contribution < -0.4 is 15.4 Å². The Balaban J connectivity index is 2.22. The predicted octanol–water partition coefficient (Wildman–Crippen LogP) is 3.13. The quantitative estimate of drug-likeness (QED) is 0.300. The fraction of sp³-hybridized carbons (Fsp3) is 0.632. The highest BCUT2D eigenvalue weighted by Gasteiger charge is 2.28. The van der Waals surface area contributed by atoms with Gasteiger partial charge in [0.1, 0.15) is 5.75 Å². The molecular weight excluding hydrogens is 375 g/mol. The lowest BCUT2D eigenvalue weighted by molar-refractivity contribution is -0.153. The van der Waals surface area contributed by atoms with Crippen molar-refractivity contribution in [1.82, 2.24) is 10.6 Å². The maximum absolute atomic E-state index is 12.2. The largest absolute Gasteiger partial charge is 0.484 e. The summed E-state index contributed by atoms with van der Waals surface area (Å²) in [6.07, 6.45) is -2.19. The van der Waals surface area contributed by atoms with Gasteiger partial charge in [-0.25, -0.2) is 0 Å². The van der Waals surface area contributed by atoms with Crippen molar-refractivity contribution in [2.45, 2.75) is 32.5 Å². The lowest BCUT2D eigenvalue weighted by Crippen LogP contribution is -2.38. The Morgan fingerprint density at radius 1 is 1.07 bits per heavy atom. The zero-order valence-electron chi connectivity index (χ0n) is 16.5. The van der Waals surface area contributed by atoms with Gasteiger partial charge in [-0.1, -0.05) is 25.5 Å². The molecule has 0 aliphatic rings. The molecule has 2 N–H and O–H groups in total. The number of rotatable bonds is 13. The van der Waals surface area contributed by atoms with E-state index in [1.165, 1.54) is 6.07 Å². The van der Waals surface area contributed by atoms with E-state index in [1.54, 1.807) is 25.2 Å². The van der Waals surface area contributed by atoms with Gasteiger partial charge in [0, 0.05) is 26.7 Å². The molecule has 0 spiro atoms. The standard InChI is InChI=1S/C19H30F3N3O3/c1-3-4-9-26-11-12-27-10-8-24-18(23-2)25-14-16-6-5-7-17(13-16)28-15-19(20,21)22/h5-7,13H,3-4,8-12,14-15H2,1-2H3,(H2,23,24,25). The van der Waals surface area contributed by atoms with Crippen molar-refractivity contribution in [3.05, 3.63) is 29.8 Å². The first-order chi connectivity index (χ1) is 13.4. The number of hydrogen-bond acceptors (Lipinski definition) is 4. The fourth-order valence-electron chi connectivity index (χ4n) is 2.13. The molecule has 9 heteroatoms. The molecular formula is C19H30F3N3O3. The number of unbranched alkanes of at least 4 members (excludes halogenated alkanes) is 1. The number of aliphatic imine (C=N–C) groups is 1. The van der Waals surface area contributed by atoms with E-state index in [9.17, 15) is 13.2 Å². The highest BCUT2D eigenvalue weighted by Crippen LogP contribution is 2.19. The topological polar surface area (TPSA) is 64.1 Å². The second-order valence-electron chi connectivity index (χ2n) is 5.98. The first-order valence-electron chi connectivity index (χ1n) is 9.33. The summed E-state index contributed by atoms with van der Waals surface area (Å²) in [6, 6.07) is 6.50. The van der Waals surface area contributed by atoms with Crippen LogP contribution in [0.3, 0.4) is 0 Å². The SMILES string of the molecule is CCCCOCCOCCNC(=NC)NCc1cccc(OCC(F)(F)F)c1. The Bertz CT molecular complexity index is 569. The number of nitrogens with zero attached hydrogens (tertiary/aromatic N) is 1. The van der Waals surface area contributed by atoms with Crippen molar-refractivity contribution < 1.29 is 27.4 Å². The molecule has 0 bridgehead atoms. The third kappa shape index (κ3) is 12.4. The van der Waals surface area contributed by atoms with Crippen LogP contribution in [0.1, 0.15) is 25.3 Å². The van der Waals surface area contributed by atoms with Gasteiger partial charge in [0.05, 0.1) is 19.8 Å². The van der Waals surface area contributed by atoms with E-state index in [1.807, 2.05) is 0 Å². The molecule has 0 aliphatic heterocycles. The smallest absolute Gasteiger partial charge is 0.422 e. The molecule has 0 heterocycles. The van der Waals surface area contributed by atoms with Crippen LogP contribution >= 0.6 is 0 Å². The number of halogens is 3. The van der Waals surface area contributed by atoms with Crippen LogP contribution in [-0.4, -0.2) is 58.8 Å². The summed E-state index contributed by atoms with van der Waals surface area (Å²) in [5, 5.41) is 6.19. The van der Waals surface area contributed by atoms with Gasteiger partial charge in [0.15, 0.2) is 12.6 Å². The normalized spacial score (nSPS) is 12.1. The van der Waals surface area contributed by atoms with Crippen molar-refractivity contribution in [2.24, 2.45) is 4.99 Å². The molecule has 1 aromatic carbocycles. The molecule has 0 aromatic heterocycles. The van der Waals surface area contributed by atoms with Crippen LogP contribution in [0.5, 0.6) is 5.75 Å². The second-order valence-corrected chi connectivity index (χ2v) is 5.98. The van der Waals surface area contributed by atoms with Gasteiger partial charge >= 0.3 is 6.18 Å². The van der Waals surface area contributed by atoms with E-state index in [0.29, 0.717) is 38.9 Å². The Morgan fingerprint density at radius 2 is 1.82 bits per heavy atom. The molecule has 0 fully saturated rings. The third-order valence-corrected chi connectivity index (χ3v) is 3.54. The van der Waals surface area contributed by atoms with Gasteiger partial charge in [0.25, 0.3) is 0 Å². The van der Waals surface area contributed by atoms with E-state index in [0.717, 1.165) is 25.0 Å². The van der Waals surface area contributed by atoms with E-state index in [2.05, 4.69) is 22.5 Å². The highest BCUT2D eigenvalue weighted by molar-refractivity contribution is 5.79. The number of nitrogens with one attached hydrogen (secondary N) is 2. The number of hydrogen-bond donors (Lipinski definition) is 2. The molecule has 1 aromatic rings. The number of guanidine groups is 1. The van der Waals surface area contributed by atoms with Gasteiger partial charge in [0.2, 0.25) is 0 Å². The van der Waals surface area contributed by atoms with Crippen molar-refractivity contribution in [3.8, 4) is 5.75 Å². The molecule has 0 aliphatic carbocycles. The molecule has 0 saturated carbocycles. The van der Waals surface area contributed by atoms with E-state index >= 15 is 0 Å². The second kappa shape index (κ2) is 14.1. The lowest BCUT2D eigenvalue weighted by Gasteiger charge is -2.13. The van der Waals surface area contributed by atoms with E-state index in [4.69, 9.17) is 14.2 Å². The molecule has 160 valence electrons. The minimum Gasteiger partial charge on any atom is -0.484 e. The monoisotopic (exact) mass is 405 g/mol. The minimum absolute atomic E-state index is 0.175. The summed E-state index contributed by atoms with van der Waals surface area (Å²) in [5.41, 5.74) is 0.781. The van der Waals surface area contributed by atoms with Crippen molar-refractivity contribution in [2.75, 3.05) is 46.6 Å².